The normalized spacial score (nSPS) is 10.8. The molecular weight excluding hydrogens is 390 g/mol. The van der Waals surface area contributed by atoms with Crippen LogP contribution in [0.15, 0.2) is 109 Å². The SMILES string of the molecule is [O-][Cl+3]([O-])([O-])[O-].c1ccc(-c2ccc[n+](-c3ccccc3)c2-c2ccccc2)cc1. The maximum Gasteiger partial charge on any atom is 0.226 e. The number of nitrogens with zero attached hydrogens (tertiary/aromatic N) is 1. The first-order valence-electron chi connectivity index (χ1n) is 8.76. The van der Waals surface area contributed by atoms with Gasteiger partial charge in [-0.3, -0.25) is 0 Å². The second-order valence-corrected chi connectivity index (χ2v) is 6.84. The Morgan fingerprint density at radius 3 is 1.48 bits per heavy atom. The molecule has 0 radical (unpaired) electrons. The third-order valence-corrected chi connectivity index (χ3v) is 4.16. The summed E-state index contributed by atoms with van der Waals surface area (Å²) in [6, 6.07) is 35.9. The van der Waals surface area contributed by atoms with Crippen molar-refractivity contribution in [1.29, 1.82) is 0 Å². The van der Waals surface area contributed by atoms with E-state index < -0.39 is 10.2 Å². The molecular formula is C23H18ClNO4. The van der Waals surface area contributed by atoms with Gasteiger partial charge in [-0.1, -0.05) is 66.7 Å². The number of para-hydroxylation sites is 1. The Hall–Kier alpha value is -3.06. The molecule has 5 nitrogen and oxygen atoms in total. The van der Waals surface area contributed by atoms with Crippen LogP contribution in [-0.2, 0) is 0 Å². The maximum atomic E-state index is 8.49. The summed E-state index contributed by atoms with van der Waals surface area (Å²) in [5.74, 6) is 0. The van der Waals surface area contributed by atoms with Gasteiger partial charge in [-0.15, -0.1) is 10.2 Å². The fourth-order valence-electron chi connectivity index (χ4n) is 3.05. The summed E-state index contributed by atoms with van der Waals surface area (Å²) in [6.07, 6.45) is 2.13. The quantitative estimate of drug-likeness (QED) is 0.463. The van der Waals surface area contributed by atoms with Gasteiger partial charge in [0.2, 0.25) is 11.4 Å². The minimum Gasteiger partial charge on any atom is -0.222 e. The number of halogens is 1. The summed E-state index contributed by atoms with van der Waals surface area (Å²) in [6.45, 7) is 0. The molecule has 4 rings (SSSR count). The van der Waals surface area contributed by atoms with Gasteiger partial charge in [-0.05, 0) is 23.8 Å². The van der Waals surface area contributed by atoms with E-state index in [0.717, 1.165) is 5.69 Å². The Balaban J connectivity index is 0.000000431. The van der Waals surface area contributed by atoms with Crippen LogP contribution in [0.5, 0.6) is 0 Å². The summed E-state index contributed by atoms with van der Waals surface area (Å²) in [7, 11) is -4.94. The molecule has 0 saturated carbocycles. The molecule has 0 fully saturated rings. The highest BCUT2D eigenvalue weighted by Gasteiger charge is 2.20. The lowest BCUT2D eigenvalue weighted by Gasteiger charge is -2.17. The Kier molecular flexibility index (Phi) is 6.72. The van der Waals surface area contributed by atoms with Gasteiger partial charge in [0.25, 0.3) is 0 Å². The van der Waals surface area contributed by atoms with E-state index in [1.807, 2.05) is 6.07 Å². The lowest BCUT2D eigenvalue weighted by Crippen LogP contribution is -2.68. The largest absolute Gasteiger partial charge is 0.226 e. The highest BCUT2D eigenvalue weighted by molar-refractivity contribution is 5.78. The third kappa shape index (κ3) is 5.96. The monoisotopic (exact) mass is 407 g/mol. The van der Waals surface area contributed by atoms with Gasteiger partial charge in [0.05, 0.1) is 5.56 Å². The standard InChI is InChI=1S/C23H18N.ClHO4/c1-4-11-19(12-5-1)22-17-10-18-24(21-15-8-3-9-16-21)23(22)20-13-6-2-7-14-20;2-1(3,4)5/h1-18H;(H,2,3,4,5)/q+1;/p-1. The molecule has 0 saturated heterocycles. The molecule has 0 N–H and O–H groups in total. The van der Waals surface area contributed by atoms with Crippen molar-refractivity contribution in [3.8, 4) is 28.1 Å². The summed E-state index contributed by atoms with van der Waals surface area (Å²) < 4.78 is 36.2. The zero-order chi connectivity index (χ0) is 20.7. The first-order valence-corrected chi connectivity index (χ1v) is 9.99. The minimum absolute atomic E-state index is 1.16. The van der Waals surface area contributed by atoms with Crippen molar-refractivity contribution in [2.45, 2.75) is 0 Å². The predicted octanol–water partition coefficient (Wildman–Crippen LogP) is 0.541. The number of benzene rings is 3. The maximum absolute atomic E-state index is 8.49. The number of hydrogen-bond acceptors (Lipinski definition) is 4. The topological polar surface area (TPSA) is 96.1 Å². The summed E-state index contributed by atoms with van der Waals surface area (Å²) in [5, 5.41) is 0. The summed E-state index contributed by atoms with van der Waals surface area (Å²) in [4.78, 5) is 0. The van der Waals surface area contributed by atoms with E-state index in [-0.39, 0.29) is 0 Å². The van der Waals surface area contributed by atoms with Crippen molar-refractivity contribution in [3.63, 3.8) is 0 Å². The molecule has 0 spiro atoms. The van der Waals surface area contributed by atoms with Crippen molar-refractivity contribution in [2.24, 2.45) is 0 Å². The molecule has 29 heavy (non-hydrogen) atoms. The fraction of sp³-hybridized carbons (Fsp3) is 0. The van der Waals surface area contributed by atoms with Crippen LogP contribution < -0.4 is 23.2 Å². The van der Waals surface area contributed by atoms with Crippen LogP contribution in [0.1, 0.15) is 0 Å². The van der Waals surface area contributed by atoms with Crippen molar-refractivity contribution >= 4 is 0 Å². The van der Waals surface area contributed by atoms with Crippen molar-refractivity contribution in [2.75, 3.05) is 0 Å². The van der Waals surface area contributed by atoms with Crippen LogP contribution in [0, 0.1) is 10.2 Å². The van der Waals surface area contributed by atoms with Crippen molar-refractivity contribution in [1.82, 2.24) is 0 Å². The van der Waals surface area contributed by atoms with E-state index in [1.165, 1.54) is 22.4 Å². The molecule has 3 aromatic carbocycles. The van der Waals surface area contributed by atoms with E-state index in [2.05, 4.69) is 108 Å². The van der Waals surface area contributed by atoms with Crippen LogP contribution in [0.2, 0.25) is 0 Å². The Bertz CT molecular complexity index is 973. The smallest absolute Gasteiger partial charge is 0.222 e. The lowest BCUT2D eigenvalue weighted by atomic mass is 9.98. The van der Waals surface area contributed by atoms with Crippen LogP contribution in [0.25, 0.3) is 28.1 Å². The molecule has 0 atom stereocenters. The zero-order valence-electron chi connectivity index (χ0n) is 15.4. The summed E-state index contributed by atoms with van der Waals surface area (Å²) >= 11 is 0. The average molecular weight is 408 g/mol. The zero-order valence-corrected chi connectivity index (χ0v) is 16.1. The van der Waals surface area contributed by atoms with Crippen LogP contribution >= 0.6 is 0 Å². The second kappa shape index (κ2) is 9.43. The second-order valence-electron chi connectivity index (χ2n) is 6.09. The summed E-state index contributed by atoms with van der Waals surface area (Å²) in [5.41, 5.74) is 6.03. The van der Waals surface area contributed by atoms with Crippen LogP contribution in [0.4, 0.5) is 0 Å². The van der Waals surface area contributed by atoms with Crippen molar-refractivity contribution in [3.05, 3.63) is 109 Å². The Morgan fingerprint density at radius 1 is 0.517 bits per heavy atom. The first-order chi connectivity index (χ1) is 13.9. The van der Waals surface area contributed by atoms with Gasteiger partial charge < -0.3 is 0 Å². The third-order valence-electron chi connectivity index (χ3n) is 4.16. The highest BCUT2D eigenvalue weighted by atomic mass is 35.7. The van der Waals surface area contributed by atoms with E-state index >= 15 is 0 Å². The lowest BCUT2D eigenvalue weighted by molar-refractivity contribution is -2.00. The molecule has 4 aromatic rings. The first kappa shape index (κ1) is 20.7. The van der Waals surface area contributed by atoms with E-state index in [9.17, 15) is 0 Å². The molecule has 1 aromatic heterocycles. The number of pyridine rings is 1. The van der Waals surface area contributed by atoms with E-state index in [0.29, 0.717) is 0 Å². The molecule has 0 bridgehead atoms. The fourth-order valence-corrected chi connectivity index (χ4v) is 3.05. The highest BCUT2D eigenvalue weighted by Crippen LogP contribution is 2.29. The molecule has 146 valence electrons. The Morgan fingerprint density at radius 2 is 0.966 bits per heavy atom. The number of aromatic nitrogens is 1. The molecule has 0 aliphatic carbocycles. The van der Waals surface area contributed by atoms with Crippen molar-refractivity contribution < 1.29 is 33.4 Å². The van der Waals surface area contributed by atoms with Gasteiger partial charge in [0, 0.05) is 23.8 Å². The van der Waals surface area contributed by atoms with Gasteiger partial charge >= 0.3 is 0 Å². The molecule has 0 unspecified atom stereocenters. The van der Waals surface area contributed by atoms with E-state index in [4.69, 9.17) is 18.6 Å². The molecule has 1 heterocycles. The molecule has 0 aliphatic heterocycles. The van der Waals surface area contributed by atoms with Gasteiger partial charge in [0.1, 0.15) is 0 Å². The van der Waals surface area contributed by atoms with Gasteiger partial charge in [-0.2, -0.15) is 4.57 Å². The molecule has 0 amide bonds. The molecule has 0 aliphatic rings. The minimum atomic E-state index is -4.94. The van der Waals surface area contributed by atoms with E-state index in [1.54, 1.807) is 0 Å². The predicted molar refractivity (Wildman–Crippen MR) is 98.8 cm³/mol. The molecule has 6 heteroatoms. The van der Waals surface area contributed by atoms with Crippen LogP contribution in [0.3, 0.4) is 0 Å². The average Bonchev–Trinajstić information content (AvgIpc) is 2.74. The van der Waals surface area contributed by atoms with Gasteiger partial charge in [-0.25, -0.2) is 18.6 Å². The van der Waals surface area contributed by atoms with Gasteiger partial charge in [0.15, 0.2) is 6.20 Å². The number of rotatable bonds is 3. The number of hydrogen-bond donors (Lipinski definition) is 0. The Labute approximate surface area is 171 Å². The van der Waals surface area contributed by atoms with Crippen LogP contribution in [-0.4, -0.2) is 0 Å².